The summed E-state index contributed by atoms with van der Waals surface area (Å²) in [6, 6.07) is 32.8. The molecule has 2 atom stereocenters. The van der Waals surface area contributed by atoms with Crippen LogP contribution in [0.5, 0.6) is 5.75 Å². The summed E-state index contributed by atoms with van der Waals surface area (Å²) in [7, 11) is 2.20. The number of benzene rings is 4. The van der Waals surface area contributed by atoms with E-state index in [2.05, 4.69) is 85.6 Å². The third-order valence-electron chi connectivity index (χ3n) is 8.60. The highest BCUT2D eigenvalue weighted by atomic mass is 16.5. The van der Waals surface area contributed by atoms with E-state index in [0.717, 1.165) is 50.0 Å². The fraction of sp³-hybridized carbons (Fsp3) is 0.359. The number of fused-ring (bicyclic) bond motifs is 2. The molecular formula is C39H45NO4. The number of likely N-dealkylation sites (N-methyl/N-ethyl adjacent to an activating group) is 1. The standard InChI is InChI=1S/C39H45NO4/c1-4-9-28-14-20-35-32(25-28)16-17-33-26-31(24-29-10-7-6-8-11-29)15-21-36(33)38(35)40(3)22-23-44-34-18-12-30(13-19-34)27-37(39(41)42)43-5-2/h6-8,10-15,18-21,25-26,37-38H,4-5,9,16-17,22-24,27H2,1-3H3,(H,41,42). The average molecular weight is 592 g/mol. The van der Waals surface area contributed by atoms with E-state index < -0.39 is 12.1 Å². The molecule has 0 radical (unpaired) electrons. The summed E-state index contributed by atoms with van der Waals surface area (Å²) in [5.74, 6) is -0.159. The van der Waals surface area contributed by atoms with Crippen molar-refractivity contribution in [2.45, 2.75) is 64.5 Å². The number of rotatable bonds is 14. The number of hydrogen-bond acceptors (Lipinski definition) is 4. The lowest BCUT2D eigenvalue weighted by atomic mass is 9.90. The quantitative estimate of drug-likeness (QED) is 0.165. The molecule has 0 heterocycles. The molecule has 5 rings (SSSR count). The van der Waals surface area contributed by atoms with E-state index in [0.29, 0.717) is 19.6 Å². The van der Waals surface area contributed by atoms with Crippen molar-refractivity contribution in [2.24, 2.45) is 0 Å². The van der Waals surface area contributed by atoms with E-state index in [9.17, 15) is 9.90 Å². The fourth-order valence-corrected chi connectivity index (χ4v) is 6.37. The third kappa shape index (κ3) is 7.96. The van der Waals surface area contributed by atoms with Gasteiger partial charge in [0.15, 0.2) is 6.10 Å². The maximum absolute atomic E-state index is 11.5. The van der Waals surface area contributed by atoms with Gasteiger partial charge in [-0.3, -0.25) is 4.90 Å². The van der Waals surface area contributed by atoms with E-state index in [1.807, 2.05) is 31.2 Å². The van der Waals surface area contributed by atoms with E-state index in [4.69, 9.17) is 9.47 Å². The normalized spacial score (nSPS) is 14.9. The van der Waals surface area contributed by atoms with Crippen LogP contribution < -0.4 is 4.74 Å². The Bertz CT molecular complexity index is 1520. The first-order valence-corrected chi connectivity index (χ1v) is 16.0. The second kappa shape index (κ2) is 15.2. The summed E-state index contributed by atoms with van der Waals surface area (Å²) in [6.45, 7) is 5.74. The van der Waals surface area contributed by atoms with Gasteiger partial charge in [-0.05, 0) is 96.3 Å². The van der Waals surface area contributed by atoms with E-state index in [1.165, 1.54) is 38.9 Å². The molecular weight excluding hydrogens is 546 g/mol. The number of aliphatic carboxylic acids is 1. The Labute approximate surface area is 262 Å². The molecule has 44 heavy (non-hydrogen) atoms. The molecule has 5 heteroatoms. The van der Waals surface area contributed by atoms with Crippen molar-refractivity contribution in [3.8, 4) is 5.75 Å². The van der Waals surface area contributed by atoms with Gasteiger partial charge in [0.2, 0.25) is 0 Å². The highest BCUT2D eigenvalue weighted by molar-refractivity contribution is 5.72. The van der Waals surface area contributed by atoms with Crippen LogP contribution in [0.15, 0.2) is 91.0 Å². The highest BCUT2D eigenvalue weighted by Gasteiger charge is 2.27. The Kier molecular flexibility index (Phi) is 10.9. The lowest BCUT2D eigenvalue weighted by molar-refractivity contribution is -0.149. The van der Waals surface area contributed by atoms with E-state index in [-0.39, 0.29) is 6.04 Å². The molecule has 0 bridgehead atoms. The van der Waals surface area contributed by atoms with Gasteiger partial charge in [-0.2, -0.15) is 0 Å². The fourth-order valence-electron chi connectivity index (χ4n) is 6.37. The zero-order valence-corrected chi connectivity index (χ0v) is 26.3. The first-order chi connectivity index (χ1) is 21.4. The molecule has 0 fully saturated rings. The van der Waals surface area contributed by atoms with Gasteiger partial charge in [0.1, 0.15) is 12.4 Å². The van der Waals surface area contributed by atoms with Crippen LogP contribution in [0.4, 0.5) is 0 Å². The van der Waals surface area contributed by atoms with Crippen molar-refractivity contribution in [2.75, 3.05) is 26.8 Å². The van der Waals surface area contributed by atoms with Crippen LogP contribution >= 0.6 is 0 Å². The first-order valence-electron chi connectivity index (χ1n) is 16.0. The Hall–Kier alpha value is -3.93. The SMILES string of the molecule is CCCc1ccc2c(c1)CCc1cc(Cc3ccccc3)ccc1C2N(C)CCOc1ccc(CC(OCC)C(=O)O)cc1. The van der Waals surface area contributed by atoms with Crippen LogP contribution in [-0.4, -0.2) is 48.9 Å². The van der Waals surface area contributed by atoms with Gasteiger partial charge in [-0.1, -0.05) is 92.2 Å². The van der Waals surface area contributed by atoms with Gasteiger partial charge in [-0.25, -0.2) is 4.79 Å². The summed E-state index contributed by atoms with van der Waals surface area (Å²) in [4.78, 5) is 13.9. The smallest absolute Gasteiger partial charge is 0.333 e. The molecule has 0 saturated heterocycles. The van der Waals surface area contributed by atoms with Crippen LogP contribution in [0.1, 0.15) is 70.8 Å². The van der Waals surface area contributed by atoms with E-state index >= 15 is 0 Å². The molecule has 2 unspecified atom stereocenters. The number of ether oxygens (including phenoxy) is 2. The number of nitrogens with zero attached hydrogens (tertiary/aromatic N) is 1. The van der Waals surface area contributed by atoms with Crippen LogP contribution in [0.3, 0.4) is 0 Å². The zero-order chi connectivity index (χ0) is 30.9. The number of carboxylic acid groups (broad SMARTS) is 1. The minimum Gasteiger partial charge on any atom is -0.492 e. The molecule has 1 N–H and O–H groups in total. The summed E-state index contributed by atoms with van der Waals surface area (Å²) in [5, 5.41) is 9.39. The van der Waals surface area contributed by atoms with E-state index in [1.54, 1.807) is 0 Å². The minimum atomic E-state index is -0.939. The van der Waals surface area contributed by atoms with Crippen LogP contribution in [0.25, 0.3) is 0 Å². The van der Waals surface area contributed by atoms with Gasteiger partial charge in [0.05, 0.1) is 6.04 Å². The van der Waals surface area contributed by atoms with Gasteiger partial charge in [0.25, 0.3) is 0 Å². The second-order valence-corrected chi connectivity index (χ2v) is 11.8. The number of aryl methyl sites for hydroxylation is 3. The van der Waals surface area contributed by atoms with Gasteiger partial charge in [-0.15, -0.1) is 0 Å². The Balaban J connectivity index is 1.31. The zero-order valence-electron chi connectivity index (χ0n) is 26.3. The van der Waals surface area contributed by atoms with Crippen LogP contribution in [0, 0.1) is 0 Å². The van der Waals surface area contributed by atoms with Gasteiger partial charge >= 0.3 is 5.97 Å². The molecule has 5 nitrogen and oxygen atoms in total. The summed E-state index contributed by atoms with van der Waals surface area (Å²) >= 11 is 0. The molecule has 4 aromatic carbocycles. The topological polar surface area (TPSA) is 59.0 Å². The highest BCUT2D eigenvalue weighted by Crippen LogP contribution is 2.37. The van der Waals surface area contributed by atoms with Crippen molar-refractivity contribution in [3.05, 3.63) is 136 Å². The third-order valence-corrected chi connectivity index (χ3v) is 8.60. The summed E-state index contributed by atoms with van der Waals surface area (Å²) in [5.41, 5.74) is 10.7. The lowest BCUT2D eigenvalue weighted by Gasteiger charge is -2.31. The second-order valence-electron chi connectivity index (χ2n) is 11.8. The minimum absolute atomic E-state index is 0.154. The Morgan fingerprint density at radius 3 is 2.11 bits per heavy atom. The first kappa shape index (κ1) is 31.5. The van der Waals surface area contributed by atoms with Crippen molar-refractivity contribution in [1.29, 1.82) is 0 Å². The van der Waals surface area contributed by atoms with Crippen molar-refractivity contribution in [3.63, 3.8) is 0 Å². The summed E-state index contributed by atoms with van der Waals surface area (Å²) in [6.07, 6.45) is 4.79. The van der Waals surface area contributed by atoms with Crippen LogP contribution in [-0.2, 0) is 41.6 Å². The molecule has 0 saturated carbocycles. The maximum Gasteiger partial charge on any atom is 0.333 e. The molecule has 0 amide bonds. The molecule has 0 spiro atoms. The molecule has 1 aliphatic rings. The van der Waals surface area contributed by atoms with Crippen LogP contribution in [0.2, 0.25) is 0 Å². The molecule has 230 valence electrons. The average Bonchev–Trinajstić information content (AvgIpc) is 3.18. The number of carbonyl (C=O) groups is 1. The number of carboxylic acids is 1. The van der Waals surface area contributed by atoms with Crippen molar-refractivity contribution < 1.29 is 19.4 Å². The van der Waals surface area contributed by atoms with Crippen molar-refractivity contribution in [1.82, 2.24) is 4.90 Å². The predicted octanol–water partition coefficient (Wildman–Crippen LogP) is 7.46. The lowest BCUT2D eigenvalue weighted by Crippen LogP contribution is -2.30. The molecule has 0 aliphatic heterocycles. The molecule has 0 aromatic heterocycles. The molecule has 4 aromatic rings. The van der Waals surface area contributed by atoms with Crippen molar-refractivity contribution >= 4 is 5.97 Å². The summed E-state index contributed by atoms with van der Waals surface area (Å²) < 4.78 is 11.5. The number of hydrogen-bond donors (Lipinski definition) is 1. The van der Waals surface area contributed by atoms with Gasteiger partial charge in [0, 0.05) is 19.6 Å². The Morgan fingerprint density at radius 1 is 0.841 bits per heavy atom. The predicted molar refractivity (Wildman–Crippen MR) is 177 cm³/mol. The monoisotopic (exact) mass is 591 g/mol. The Morgan fingerprint density at radius 2 is 1.48 bits per heavy atom. The van der Waals surface area contributed by atoms with Gasteiger partial charge < -0.3 is 14.6 Å². The maximum atomic E-state index is 11.5. The largest absolute Gasteiger partial charge is 0.492 e. The molecule has 1 aliphatic carbocycles.